The van der Waals surface area contributed by atoms with Crippen molar-refractivity contribution in [2.75, 3.05) is 4.90 Å². The van der Waals surface area contributed by atoms with Gasteiger partial charge in [-0.2, -0.15) is 0 Å². The number of thiophene rings is 1. The van der Waals surface area contributed by atoms with Gasteiger partial charge in [0.2, 0.25) is 0 Å². The van der Waals surface area contributed by atoms with Crippen LogP contribution in [0.3, 0.4) is 0 Å². The van der Waals surface area contributed by atoms with Gasteiger partial charge in [-0.3, -0.25) is 4.79 Å². The van der Waals surface area contributed by atoms with Crippen molar-refractivity contribution >= 4 is 57.0 Å². The second kappa shape index (κ2) is 7.01. The lowest BCUT2D eigenvalue weighted by molar-refractivity contribution is 0.0598. The van der Waals surface area contributed by atoms with Gasteiger partial charge >= 0.3 is 6.09 Å². The Morgan fingerprint density at radius 3 is 2.65 bits per heavy atom. The summed E-state index contributed by atoms with van der Waals surface area (Å²) in [6.45, 7) is 5.34. The van der Waals surface area contributed by atoms with Crippen molar-refractivity contribution in [2.45, 2.75) is 26.4 Å². The topological polar surface area (TPSA) is 72.4 Å². The molecule has 3 aromatic rings. The number of hydrogen-bond donors (Lipinski definition) is 0. The molecule has 0 aliphatic heterocycles. The molecule has 134 valence electrons. The summed E-state index contributed by atoms with van der Waals surface area (Å²) >= 11 is 7.52. The number of fused-ring (bicyclic) bond motifs is 1. The van der Waals surface area contributed by atoms with Crippen LogP contribution in [-0.2, 0) is 4.74 Å². The fourth-order valence-corrected chi connectivity index (χ4v) is 3.44. The van der Waals surface area contributed by atoms with Crippen molar-refractivity contribution in [3.8, 4) is 0 Å². The number of aromatic nitrogens is 2. The maximum Gasteiger partial charge on any atom is 0.420 e. The number of amides is 1. The van der Waals surface area contributed by atoms with Crippen LogP contribution in [-0.4, -0.2) is 27.9 Å². The lowest BCUT2D eigenvalue weighted by atomic mass is 10.2. The minimum atomic E-state index is -0.702. The van der Waals surface area contributed by atoms with E-state index in [0.717, 1.165) is 6.29 Å². The van der Waals surface area contributed by atoms with E-state index < -0.39 is 11.7 Å². The van der Waals surface area contributed by atoms with E-state index in [2.05, 4.69) is 9.97 Å². The maximum atomic E-state index is 13.0. The predicted octanol–water partition coefficient (Wildman–Crippen LogP) is 5.23. The number of anilines is 2. The molecule has 0 radical (unpaired) electrons. The predicted molar refractivity (Wildman–Crippen MR) is 103 cm³/mol. The Labute approximate surface area is 159 Å². The molecule has 0 bridgehead atoms. The number of rotatable bonds is 3. The first-order chi connectivity index (χ1) is 12.3. The average Bonchev–Trinajstić information content (AvgIpc) is 2.99. The number of carbonyl (C=O) groups is 2. The molecule has 0 spiro atoms. The van der Waals surface area contributed by atoms with Gasteiger partial charge in [-0.15, -0.1) is 11.3 Å². The van der Waals surface area contributed by atoms with Crippen LogP contribution in [0.25, 0.3) is 10.2 Å². The highest BCUT2D eigenvalue weighted by atomic mass is 35.5. The third-order valence-corrected chi connectivity index (χ3v) is 4.67. The average molecular weight is 390 g/mol. The highest BCUT2D eigenvalue weighted by Crippen LogP contribution is 2.38. The molecule has 0 aliphatic rings. The normalized spacial score (nSPS) is 11.4. The molecule has 1 aromatic carbocycles. The Bertz CT molecular complexity index is 981. The third kappa shape index (κ3) is 3.68. The van der Waals surface area contributed by atoms with Gasteiger partial charge in [-0.1, -0.05) is 23.7 Å². The summed E-state index contributed by atoms with van der Waals surface area (Å²) in [6.07, 6.45) is 1.46. The first kappa shape index (κ1) is 18.3. The number of benzene rings is 1. The molecule has 0 saturated carbocycles. The monoisotopic (exact) mass is 389 g/mol. The Hall–Kier alpha value is -2.51. The van der Waals surface area contributed by atoms with Crippen molar-refractivity contribution < 1.29 is 14.3 Å². The molecular formula is C18H16ClN3O3S. The van der Waals surface area contributed by atoms with Gasteiger partial charge in [-0.25, -0.2) is 19.7 Å². The fourth-order valence-electron chi connectivity index (χ4n) is 2.32. The highest BCUT2D eigenvalue weighted by molar-refractivity contribution is 7.21. The van der Waals surface area contributed by atoms with Crippen molar-refractivity contribution in [1.29, 1.82) is 0 Å². The van der Waals surface area contributed by atoms with Gasteiger partial charge in [0.1, 0.15) is 11.9 Å². The fraction of sp³-hybridized carbons (Fsp3) is 0.222. The van der Waals surface area contributed by atoms with E-state index in [9.17, 15) is 9.59 Å². The van der Waals surface area contributed by atoms with Crippen LogP contribution in [0.5, 0.6) is 0 Å². The summed E-state index contributed by atoms with van der Waals surface area (Å²) in [5.74, 6) is 0.315. The molecule has 0 atom stereocenters. The van der Waals surface area contributed by atoms with Crippen molar-refractivity contribution in [2.24, 2.45) is 0 Å². The number of hydrogen-bond acceptors (Lipinski definition) is 6. The van der Waals surface area contributed by atoms with Crippen molar-refractivity contribution in [3.63, 3.8) is 0 Å². The second-order valence-electron chi connectivity index (χ2n) is 6.45. The summed E-state index contributed by atoms with van der Waals surface area (Å²) in [6, 6.07) is 8.57. The van der Waals surface area contributed by atoms with Crippen molar-refractivity contribution in [1.82, 2.24) is 9.97 Å². The number of halogens is 1. The van der Waals surface area contributed by atoms with Crippen LogP contribution in [0.15, 0.2) is 36.7 Å². The van der Waals surface area contributed by atoms with Crippen LogP contribution < -0.4 is 4.90 Å². The maximum absolute atomic E-state index is 13.0. The smallest absolute Gasteiger partial charge is 0.420 e. The van der Waals surface area contributed by atoms with E-state index in [1.54, 1.807) is 51.1 Å². The molecule has 0 N–H and O–H groups in total. The van der Waals surface area contributed by atoms with Crippen LogP contribution in [0.2, 0.25) is 5.02 Å². The van der Waals surface area contributed by atoms with Gasteiger partial charge < -0.3 is 4.74 Å². The second-order valence-corrected chi connectivity index (χ2v) is 7.94. The number of aldehydes is 1. The summed E-state index contributed by atoms with van der Waals surface area (Å²) in [5.41, 5.74) is 0.304. The quantitative estimate of drug-likeness (QED) is 0.573. The summed E-state index contributed by atoms with van der Waals surface area (Å²) < 4.78 is 6.15. The van der Waals surface area contributed by atoms with E-state index in [4.69, 9.17) is 16.3 Å². The van der Waals surface area contributed by atoms with E-state index in [1.165, 1.54) is 22.6 Å². The van der Waals surface area contributed by atoms with Crippen molar-refractivity contribution in [3.05, 3.63) is 46.6 Å². The Morgan fingerprint density at radius 2 is 2.00 bits per heavy atom. The van der Waals surface area contributed by atoms with Gasteiger partial charge in [-0.05, 0) is 39.0 Å². The van der Waals surface area contributed by atoms with E-state index in [1.807, 2.05) is 0 Å². The van der Waals surface area contributed by atoms with Crippen LogP contribution in [0, 0.1) is 0 Å². The molecule has 2 heterocycles. The number of carbonyl (C=O) groups excluding carboxylic acids is 2. The Morgan fingerprint density at radius 1 is 1.27 bits per heavy atom. The number of para-hydroxylation sites is 1. The highest BCUT2D eigenvalue weighted by Gasteiger charge is 2.29. The molecule has 1 amide bonds. The minimum absolute atomic E-state index is 0.315. The zero-order chi connectivity index (χ0) is 18.9. The van der Waals surface area contributed by atoms with Gasteiger partial charge in [0, 0.05) is 0 Å². The Kier molecular flexibility index (Phi) is 4.93. The Balaban J connectivity index is 2.21. The first-order valence-corrected chi connectivity index (χ1v) is 8.97. The summed E-state index contributed by atoms with van der Waals surface area (Å²) in [4.78, 5) is 34.3. The number of ether oxygens (including phenoxy) is 1. The lowest BCUT2D eigenvalue weighted by Crippen LogP contribution is -2.34. The molecular weight excluding hydrogens is 374 g/mol. The number of nitrogens with zero attached hydrogens (tertiary/aromatic N) is 3. The minimum Gasteiger partial charge on any atom is -0.443 e. The van der Waals surface area contributed by atoms with Crippen LogP contribution in [0.4, 0.5) is 16.3 Å². The first-order valence-electron chi connectivity index (χ1n) is 7.77. The largest absolute Gasteiger partial charge is 0.443 e. The lowest BCUT2D eigenvalue weighted by Gasteiger charge is -2.27. The third-order valence-electron chi connectivity index (χ3n) is 3.31. The van der Waals surface area contributed by atoms with E-state index in [-0.39, 0.29) is 0 Å². The molecule has 6 nitrogen and oxygen atoms in total. The van der Waals surface area contributed by atoms with Crippen LogP contribution >= 0.6 is 22.9 Å². The van der Waals surface area contributed by atoms with Gasteiger partial charge in [0.25, 0.3) is 0 Å². The van der Waals surface area contributed by atoms with Gasteiger partial charge in [0.15, 0.2) is 12.1 Å². The summed E-state index contributed by atoms with van der Waals surface area (Å²) in [7, 11) is 0. The molecule has 0 saturated heterocycles. The molecule has 26 heavy (non-hydrogen) atoms. The molecule has 0 fully saturated rings. The van der Waals surface area contributed by atoms with Gasteiger partial charge in [0.05, 0.1) is 25.8 Å². The standard InChI is InChI=1S/C18H16ClN3O3S/c1-18(2,3)25-17(24)22(14-7-5-4-6-12(14)19)16-15-13(20-10-21-16)8-11(9-23)26-15/h4-10H,1-3H3. The van der Waals surface area contributed by atoms with E-state index in [0.29, 0.717) is 31.6 Å². The molecule has 3 rings (SSSR count). The SMILES string of the molecule is CC(C)(C)OC(=O)N(c1ccccc1Cl)c1ncnc2cc(C=O)sc12. The summed E-state index contributed by atoms with van der Waals surface area (Å²) in [5, 5.41) is 0.372. The zero-order valence-corrected chi connectivity index (χ0v) is 16.0. The molecule has 8 heteroatoms. The van der Waals surface area contributed by atoms with Crippen LogP contribution in [0.1, 0.15) is 30.4 Å². The van der Waals surface area contributed by atoms with E-state index >= 15 is 0 Å². The zero-order valence-electron chi connectivity index (χ0n) is 14.4. The molecule has 0 aliphatic carbocycles. The molecule has 0 unspecified atom stereocenters. The molecule has 2 aromatic heterocycles.